The minimum Gasteiger partial charge on any atom is -0.278 e. The smallest absolute Gasteiger partial charge is 0.139 e. The molecule has 5 heteroatoms. The Morgan fingerprint density at radius 3 is 1.72 bits per heavy atom. The molecule has 0 amide bonds. The third-order valence-corrected chi connectivity index (χ3v) is 6.49. The summed E-state index contributed by atoms with van der Waals surface area (Å²) in [6.45, 7) is 5.80. The number of hydrogen-bond donors (Lipinski definition) is 0. The second-order valence-electron chi connectivity index (χ2n) is 8.32. The second-order valence-corrected chi connectivity index (χ2v) is 8.68. The zero-order valence-corrected chi connectivity index (χ0v) is 19.0. The van der Waals surface area contributed by atoms with Crippen LogP contribution in [0.1, 0.15) is 28.6 Å². The van der Waals surface area contributed by atoms with Crippen molar-refractivity contribution in [3.63, 3.8) is 0 Å². The molecule has 0 aliphatic carbocycles. The summed E-state index contributed by atoms with van der Waals surface area (Å²) in [7, 11) is 0. The number of halogens is 1. The normalized spacial score (nSPS) is 15.4. The Morgan fingerprint density at radius 1 is 0.750 bits per heavy atom. The maximum absolute atomic E-state index is 7.03. The van der Waals surface area contributed by atoms with Crippen molar-refractivity contribution in [1.82, 2.24) is 19.6 Å². The number of hydrogen-bond acceptors (Lipinski definition) is 3. The maximum atomic E-state index is 7.03. The van der Waals surface area contributed by atoms with Gasteiger partial charge in [0.15, 0.2) is 0 Å². The average Bonchev–Trinajstić information content (AvgIpc) is 3.34. The molecule has 1 saturated heterocycles. The molecule has 1 aromatic heterocycles. The Hall–Kier alpha value is -2.92. The number of para-hydroxylation sites is 1. The Bertz CT molecular complexity index is 1110. The van der Waals surface area contributed by atoms with E-state index in [1.54, 1.807) is 0 Å². The Kier molecular flexibility index (Phi) is 6.08. The first kappa shape index (κ1) is 21.0. The van der Waals surface area contributed by atoms with Crippen molar-refractivity contribution in [2.24, 2.45) is 0 Å². The molecule has 0 atom stereocenters. The van der Waals surface area contributed by atoms with Crippen LogP contribution in [-0.4, -0.2) is 32.7 Å². The van der Waals surface area contributed by atoms with Crippen LogP contribution in [0, 0.1) is 6.92 Å². The fraction of sp³-hybridized carbons (Fsp3) is 0.222. The summed E-state index contributed by atoms with van der Waals surface area (Å²) in [6.07, 6.45) is 0.0698. The third kappa shape index (κ3) is 4.22. The van der Waals surface area contributed by atoms with Gasteiger partial charge in [-0.2, -0.15) is 5.10 Å². The number of benzene rings is 3. The van der Waals surface area contributed by atoms with Crippen LogP contribution < -0.4 is 0 Å². The first-order valence-corrected chi connectivity index (χ1v) is 11.4. The monoisotopic (exact) mass is 442 g/mol. The molecule has 0 saturated carbocycles. The summed E-state index contributed by atoms with van der Waals surface area (Å²) in [5.41, 5.74) is 5.67. The Labute approximate surface area is 194 Å². The van der Waals surface area contributed by atoms with Crippen molar-refractivity contribution in [3.05, 3.63) is 119 Å². The van der Waals surface area contributed by atoms with Crippen molar-refractivity contribution in [1.29, 1.82) is 0 Å². The van der Waals surface area contributed by atoms with Gasteiger partial charge in [-0.3, -0.25) is 9.80 Å². The molecule has 32 heavy (non-hydrogen) atoms. The van der Waals surface area contributed by atoms with E-state index in [-0.39, 0.29) is 6.17 Å². The summed E-state index contributed by atoms with van der Waals surface area (Å²) in [4.78, 5) is 5.03. The molecule has 0 unspecified atom stereocenters. The topological polar surface area (TPSA) is 24.3 Å². The van der Waals surface area contributed by atoms with Crippen molar-refractivity contribution in [3.8, 4) is 5.69 Å². The van der Waals surface area contributed by atoms with Gasteiger partial charge in [0.05, 0.1) is 17.5 Å². The zero-order chi connectivity index (χ0) is 21.9. The molecule has 4 nitrogen and oxygen atoms in total. The molecule has 4 aromatic rings. The first-order valence-electron chi connectivity index (χ1n) is 11.1. The van der Waals surface area contributed by atoms with E-state index >= 15 is 0 Å². The van der Waals surface area contributed by atoms with Gasteiger partial charge in [-0.05, 0) is 30.2 Å². The van der Waals surface area contributed by atoms with Gasteiger partial charge < -0.3 is 0 Å². The highest BCUT2D eigenvalue weighted by molar-refractivity contribution is 6.30. The number of rotatable bonds is 6. The molecular weight excluding hydrogens is 416 g/mol. The summed E-state index contributed by atoms with van der Waals surface area (Å²) in [5, 5.41) is 5.53. The Balaban J connectivity index is 1.53. The SMILES string of the molecule is Cc1nn(-c2ccccc2)c(Cl)c1C1N(Cc2ccccc2)CCN1Cc1ccccc1. The van der Waals surface area contributed by atoms with E-state index in [4.69, 9.17) is 16.7 Å². The predicted molar refractivity (Wildman–Crippen MR) is 130 cm³/mol. The van der Waals surface area contributed by atoms with Gasteiger partial charge in [-0.15, -0.1) is 0 Å². The fourth-order valence-corrected chi connectivity index (χ4v) is 4.98. The second kappa shape index (κ2) is 9.29. The predicted octanol–water partition coefficient (Wildman–Crippen LogP) is 5.85. The minimum atomic E-state index is 0.0698. The van der Waals surface area contributed by atoms with Crippen LogP contribution in [0.2, 0.25) is 5.15 Å². The lowest BCUT2D eigenvalue weighted by Gasteiger charge is -2.31. The first-order chi connectivity index (χ1) is 15.7. The van der Waals surface area contributed by atoms with Crippen LogP contribution in [-0.2, 0) is 13.1 Å². The van der Waals surface area contributed by atoms with Crippen LogP contribution in [0.3, 0.4) is 0 Å². The average molecular weight is 443 g/mol. The van der Waals surface area contributed by atoms with Gasteiger partial charge in [0, 0.05) is 31.7 Å². The highest BCUT2D eigenvalue weighted by atomic mass is 35.5. The highest BCUT2D eigenvalue weighted by Gasteiger charge is 2.37. The van der Waals surface area contributed by atoms with E-state index in [0.717, 1.165) is 43.1 Å². The molecule has 0 bridgehead atoms. The van der Waals surface area contributed by atoms with E-state index in [1.165, 1.54) is 11.1 Å². The van der Waals surface area contributed by atoms with Crippen molar-refractivity contribution >= 4 is 11.6 Å². The highest BCUT2D eigenvalue weighted by Crippen LogP contribution is 2.39. The fourth-order valence-electron chi connectivity index (χ4n) is 4.61. The van der Waals surface area contributed by atoms with Crippen LogP contribution in [0.5, 0.6) is 0 Å². The van der Waals surface area contributed by atoms with Gasteiger partial charge >= 0.3 is 0 Å². The molecule has 0 N–H and O–H groups in total. The minimum absolute atomic E-state index is 0.0698. The van der Waals surface area contributed by atoms with Crippen LogP contribution >= 0.6 is 11.6 Å². The van der Waals surface area contributed by atoms with Crippen molar-refractivity contribution < 1.29 is 0 Å². The molecule has 1 aliphatic heterocycles. The lowest BCUT2D eigenvalue weighted by Crippen LogP contribution is -2.31. The van der Waals surface area contributed by atoms with Gasteiger partial charge in [0.25, 0.3) is 0 Å². The van der Waals surface area contributed by atoms with Crippen molar-refractivity contribution in [2.75, 3.05) is 13.1 Å². The molecular formula is C27H27ClN4. The standard InChI is InChI=1S/C27H27ClN4/c1-21-25(26(28)32(29-21)24-15-9-4-10-16-24)27-30(19-22-11-5-2-6-12-22)17-18-31(27)20-23-13-7-3-8-14-23/h2-16,27H,17-20H2,1H3. The Morgan fingerprint density at radius 2 is 1.22 bits per heavy atom. The number of aryl methyl sites for hydroxylation is 1. The molecule has 162 valence electrons. The van der Waals surface area contributed by atoms with E-state index in [1.807, 2.05) is 35.0 Å². The van der Waals surface area contributed by atoms with Gasteiger partial charge in [0.1, 0.15) is 5.15 Å². The lowest BCUT2D eigenvalue weighted by molar-refractivity contribution is 0.125. The molecule has 3 aromatic carbocycles. The molecule has 0 spiro atoms. The maximum Gasteiger partial charge on any atom is 0.139 e. The summed E-state index contributed by atoms with van der Waals surface area (Å²) >= 11 is 7.03. The largest absolute Gasteiger partial charge is 0.278 e. The van der Waals surface area contributed by atoms with Crippen LogP contribution in [0.4, 0.5) is 0 Å². The third-order valence-electron chi connectivity index (χ3n) is 6.13. The number of nitrogens with zero attached hydrogens (tertiary/aromatic N) is 4. The molecule has 1 fully saturated rings. The number of aromatic nitrogens is 2. The van der Waals surface area contributed by atoms with Gasteiger partial charge in [0.2, 0.25) is 0 Å². The molecule has 1 aliphatic rings. The summed E-state index contributed by atoms with van der Waals surface area (Å²) in [5.74, 6) is 0. The summed E-state index contributed by atoms with van der Waals surface area (Å²) in [6, 6.07) is 31.4. The van der Waals surface area contributed by atoms with E-state index < -0.39 is 0 Å². The quantitative estimate of drug-likeness (QED) is 0.374. The van der Waals surface area contributed by atoms with E-state index in [9.17, 15) is 0 Å². The zero-order valence-electron chi connectivity index (χ0n) is 18.2. The van der Waals surface area contributed by atoms with E-state index in [0.29, 0.717) is 5.15 Å². The molecule has 5 rings (SSSR count). The summed E-state index contributed by atoms with van der Waals surface area (Å²) < 4.78 is 1.87. The van der Waals surface area contributed by atoms with Crippen LogP contribution in [0.25, 0.3) is 5.69 Å². The van der Waals surface area contributed by atoms with Gasteiger partial charge in [-0.25, -0.2) is 4.68 Å². The van der Waals surface area contributed by atoms with Crippen LogP contribution in [0.15, 0.2) is 91.0 Å². The van der Waals surface area contributed by atoms with Gasteiger partial charge in [-0.1, -0.05) is 90.5 Å². The van der Waals surface area contributed by atoms with E-state index in [2.05, 4.69) is 77.4 Å². The molecule has 0 radical (unpaired) electrons. The van der Waals surface area contributed by atoms with Crippen molar-refractivity contribution in [2.45, 2.75) is 26.2 Å². The lowest BCUT2D eigenvalue weighted by atomic mass is 10.1. The molecule has 2 heterocycles.